The molecule has 0 atom stereocenters. The summed E-state index contributed by atoms with van der Waals surface area (Å²) in [7, 11) is 4.67. The maximum Gasteiger partial charge on any atom is 0.234 e. The Labute approximate surface area is 195 Å². The first-order valence-corrected chi connectivity index (χ1v) is 11.0. The van der Waals surface area contributed by atoms with E-state index >= 15 is 0 Å². The highest BCUT2D eigenvalue weighted by molar-refractivity contribution is 5.80. The van der Waals surface area contributed by atoms with Crippen molar-refractivity contribution in [3.8, 4) is 17.2 Å². The van der Waals surface area contributed by atoms with E-state index < -0.39 is 0 Å². The van der Waals surface area contributed by atoms with Crippen molar-refractivity contribution in [2.24, 2.45) is 0 Å². The van der Waals surface area contributed by atoms with Crippen molar-refractivity contribution in [1.82, 2.24) is 15.1 Å². The Hall–Kier alpha value is -3.26. The van der Waals surface area contributed by atoms with E-state index in [0.29, 0.717) is 62.9 Å². The van der Waals surface area contributed by atoms with Gasteiger partial charge in [0.1, 0.15) is 0 Å². The van der Waals surface area contributed by atoms with Gasteiger partial charge in [-0.1, -0.05) is 24.3 Å². The average molecular weight is 456 g/mol. The molecule has 1 fully saturated rings. The molecule has 0 radical (unpaired) electrons. The minimum atomic E-state index is -0.0663. The van der Waals surface area contributed by atoms with Crippen LogP contribution in [-0.2, 0) is 22.6 Å². The smallest absolute Gasteiger partial charge is 0.234 e. The number of amides is 2. The van der Waals surface area contributed by atoms with Crippen LogP contribution in [0.25, 0.3) is 0 Å². The van der Waals surface area contributed by atoms with Crippen LogP contribution in [0.15, 0.2) is 36.4 Å². The predicted molar refractivity (Wildman–Crippen MR) is 126 cm³/mol. The highest BCUT2D eigenvalue weighted by atomic mass is 16.5. The van der Waals surface area contributed by atoms with Gasteiger partial charge in [0.15, 0.2) is 11.5 Å². The number of ether oxygens (including phenoxy) is 3. The molecule has 0 aliphatic carbocycles. The molecule has 0 bridgehead atoms. The lowest BCUT2D eigenvalue weighted by molar-refractivity contribution is -0.132. The third-order valence-electron chi connectivity index (χ3n) is 5.91. The molecular formula is C25H33N3O5. The highest BCUT2D eigenvalue weighted by Gasteiger charge is 2.23. The molecular weight excluding hydrogens is 422 g/mol. The van der Waals surface area contributed by atoms with Crippen molar-refractivity contribution in [3.63, 3.8) is 0 Å². The van der Waals surface area contributed by atoms with E-state index in [4.69, 9.17) is 14.2 Å². The summed E-state index contributed by atoms with van der Waals surface area (Å²) >= 11 is 0. The van der Waals surface area contributed by atoms with Crippen LogP contribution < -0.4 is 19.5 Å². The second-order valence-electron chi connectivity index (χ2n) is 8.07. The summed E-state index contributed by atoms with van der Waals surface area (Å²) < 4.78 is 16.1. The summed E-state index contributed by atoms with van der Waals surface area (Å²) in [6.45, 7) is 5.29. The lowest BCUT2D eigenvalue weighted by atomic mass is 10.1. The van der Waals surface area contributed by atoms with Crippen LogP contribution in [0.2, 0.25) is 0 Å². The van der Waals surface area contributed by atoms with Gasteiger partial charge < -0.3 is 24.4 Å². The molecule has 0 aromatic heterocycles. The highest BCUT2D eigenvalue weighted by Crippen LogP contribution is 2.38. The molecule has 1 N–H and O–H groups in total. The number of hydrogen-bond acceptors (Lipinski definition) is 6. The van der Waals surface area contributed by atoms with Crippen LogP contribution in [0.5, 0.6) is 17.2 Å². The standard InChI is InChI=1S/C25H33N3O5/c1-18-7-5-6-8-20(18)15-24(30)28-11-9-27(10-12-28)17-23(29)26-16-19-13-21(31-2)25(33-4)22(14-19)32-3/h5-8,13-14H,9-12,15-17H2,1-4H3,(H,26,29). The Bertz CT molecular complexity index is 945. The number of rotatable bonds is 9. The molecule has 1 aliphatic heterocycles. The predicted octanol–water partition coefficient (Wildman–Crippen LogP) is 2.02. The molecule has 1 saturated heterocycles. The van der Waals surface area contributed by atoms with Crippen LogP contribution in [0.3, 0.4) is 0 Å². The molecule has 1 aliphatic rings. The van der Waals surface area contributed by atoms with Crippen molar-refractivity contribution in [2.75, 3.05) is 54.1 Å². The van der Waals surface area contributed by atoms with Crippen molar-refractivity contribution in [2.45, 2.75) is 19.9 Å². The first-order chi connectivity index (χ1) is 15.9. The fourth-order valence-corrected chi connectivity index (χ4v) is 3.94. The topological polar surface area (TPSA) is 80.3 Å². The van der Waals surface area contributed by atoms with E-state index in [2.05, 4.69) is 10.2 Å². The van der Waals surface area contributed by atoms with E-state index in [9.17, 15) is 9.59 Å². The van der Waals surface area contributed by atoms with Gasteiger partial charge in [0, 0.05) is 32.7 Å². The largest absolute Gasteiger partial charge is 0.493 e. The number of carbonyl (C=O) groups is 2. The van der Waals surface area contributed by atoms with Crippen LogP contribution in [0.4, 0.5) is 0 Å². The summed E-state index contributed by atoms with van der Waals surface area (Å²) in [5.74, 6) is 1.68. The van der Waals surface area contributed by atoms with Crippen LogP contribution in [-0.4, -0.2) is 75.7 Å². The number of aryl methyl sites for hydroxylation is 1. The van der Waals surface area contributed by atoms with E-state index in [-0.39, 0.29) is 11.8 Å². The molecule has 3 rings (SSSR count). The number of benzene rings is 2. The number of nitrogens with one attached hydrogen (secondary N) is 1. The molecule has 178 valence electrons. The number of hydrogen-bond donors (Lipinski definition) is 1. The zero-order chi connectivity index (χ0) is 23.8. The summed E-state index contributed by atoms with van der Waals surface area (Å²) in [5, 5.41) is 2.95. The number of carbonyl (C=O) groups excluding carboxylic acids is 2. The van der Waals surface area contributed by atoms with Gasteiger partial charge >= 0.3 is 0 Å². The maximum absolute atomic E-state index is 12.7. The van der Waals surface area contributed by atoms with E-state index in [0.717, 1.165) is 16.7 Å². The lowest BCUT2D eigenvalue weighted by Crippen LogP contribution is -2.51. The lowest BCUT2D eigenvalue weighted by Gasteiger charge is -2.34. The zero-order valence-electron chi connectivity index (χ0n) is 19.8. The Kier molecular flexibility index (Phi) is 8.54. The Morgan fingerprint density at radius 1 is 0.939 bits per heavy atom. The summed E-state index contributed by atoms with van der Waals surface area (Å²) in [5.41, 5.74) is 3.05. The Morgan fingerprint density at radius 3 is 2.15 bits per heavy atom. The fourth-order valence-electron chi connectivity index (χ4n) is 3.94. The second-order valence-corrected chi connectivity index (χ2v) is 8.07. The minimum Gasteiger partial charge on any atom is -0.493 e. The SMILES string of the molecule is COc1cc(CNC(=O)CN2CCN(C(=O)Cc3ccccc3C)CC2)cc(OC)c1OC. The van der Waals surface area contributed by atoms with E-state index in [1.54, 1.807) is 21.3 Å². The van der Waals surface area contributed by atoms with Crippen molar-refractivity contribution < 1.29 is 23.8 Å². The van der Waals surface area contributed by atoms with Gasteiger partial charge in [-0.15, -0.1) is 0 Å². The molecule has 0 saturated carbocycles. The van der Waals surface area contributed by atoms with Gasteiger partial charge in [0.05, 0.1) is 34.3 Å². The summed E-state index contributed by atoms with van der Waals surface area (Å²) in [6.07, 6.45) is 0.419. The molecule has 0 unspecified atom stereocenters. The third-order valence-corrected chi connectivity index (χ3v) is 5.91. The van der Waals surface area contributed by atoms with Gasteiger partial charge in [-0.2, -0.15) is 0 Å². The molecule has 2 aromatic carbocycles. The monoisotopic (exact) mass is 455 g/mol. The Balaban J connectivity index is 1.46. The van der Waals surface area contributed by atoms with Crippen molar-refractivity contribution in [1.29, 1.82) is 0 Å². The quantitative estimate of drug-likeness (QED) is 0.623. The molecule has 8 heteroatoms. The molecule has 0 spiro atoms. The van der Waals surface area contributed by atoms with Gasteiger partial charge in [-0.05, 0) is 35.7 Å². The van der Waals surface area contributed by atoms with Crippen LogP contribution in [0.1, 0.15) is 16.7 Å². The maximum atomic E-state index is 12.7. The van der Waals surface area contributed by atoms with Crippen molar-refractivity contribution in [3.05, 3.63) is 53.1 Å². The van der Waals surface area contributed by atoms with Gasteiger partial charge in [0.25, 0.3) is 0 Å². The second kappa shape index (κ2) is 11.6. The summed E-state index contributed by atoms with van der Waals surface area (Å²) in [4.78, 5) is 29.1. The molecule has 1 heterocycles. The molecule has 33 heavy (non-hydrogen) atoms. The normalized spacial score (nSPS) is 14.0. The summed E-state index contributed by atoms with van der Waals surface area (Å²) in [6, 6.07) is 11.6. The number of piperazine rings is 1. The molecule has 2 amide bonds. The number of methoxy groups -OCH3 is 3. The van der Waals surface area contributed by atoms with Crippen LogP contribution >= 0.6 is 0 Å². The van der Waals surface area contributed by atoms with Gasteiger partial charge in [-0.25, -0.2) is 0 Å². The first-order valence-electron chi connectivity index (χ1n) is 11.0. The zero-order valence-corrected chi connectivity index (χ0v) is 19.8. The number of nitrogens with zero attached hydrogens (tertiary/aromatic N) is 2. The third kappa shape index (κ3) is 6.38. The average Bonchev–Trinajstić information content (AvgIpc) is 2.83. The van der Waals surface area contributed by atoms with Crippen LogP contribution in [0, 0.1) is 6.92 Å². The minimum absolute atomic E-state index is 0.0663. The van der Waals surface area contributed by atoms with Gasteiger partial charge in [0.2, 0.25) is 17.6 Å². The first kappa shape index (κ1) is 24.4. The molecule has 8 nitrogen and oxygen atoms in total. The van der Waals surface area contributed by atoms with Gasteiger partial charge in [-0.3, -0.25) is 14.5 Å². The van der Waals surface area contributed by atoms with Crippen molar-refractivity contribution >= 4 is 11.8 Å². The van der Waals surface area contributed by atoms with E-state index in [1.807, 2.05) is 48.2 Å². The Morgan fingerprint density at radius 2 is 1.58 bits per heavy atom. The molecule has 2 aromatic rings. The van der Waals surface area contributed by atoms with E-state index in [1.165, 1.54) is 0 Å². The fraction of sp³-hybridized carbons (Fsp3) is 0.440.